The predicted octanol–water partition coefficient (Wildman–Crippen LogP) is 1.80. The summed E-state index contributed by atoms with van der Waals surface area (Å²) in [5.74, 6) is -0.192. The van der Waals surface area contributed by atoms with E-state index >= 15 is 0 Å². The van der Waals surface area contributed by atoms with E-state index < -0.39 is 5.79 Å². The van der Waals surface area contributed by atoms with Crippen molar-refractivity contribution in [3.63, 3.8) is 0 Å². The summed E-state index contributed by atoms with van der Waals surface area (Å²) in [6, 6.07) is -0.00308. The number of fused-ring (bicyclic) bond motifs is 2. The Hall–Kier alpha value is -1.26. The molecule has 0 saturated carbocycles. The highest BCUT2D eigenvalue weighted by Crippen LogP contribution is 2.46. The highest BCUT2D eigenvalue weighted by atomic mass is 127. The van der Waals surface area contributed by atoms with Crippen molar-refractivity contribution in [2.45, 2.75) is 37.9 Å². The third-order valence-electron chi connectivity index (χ3n) is 3.77. The van der Waals surface area contributed by atoms with Gasteiger partial charge in [-0.1, -0.05) is 0 Å². The second-order valence-corrected chi connectivity index (χ2v) is 6.89. The summed E-state index contributed by atoms with van der Waals surface area (Å²) in [5, 5.41) is 0. The van der Waals surface area contributed by atoms with Gasteiger partial charge in [0, 0.05) is 3.58 Å². The number of nitrogens with zero attached hydrogens (tertiary/aromatic N) is 4. The van der Waals surface area contributed by atoms with E-state index in [1.165, 1.54) is 6.33 Å². The lowest BCUT2D eigenvalue weighted by Crippen LogP contribution is -2.28. The summed E-state index contributed by atoms with van der Waals surface area (Å²) in [5.41, 5.74) is 7.18. The van der Waals surface area contributed by atoms with Gasteiger partial charge in [0.25, 0.3) is 0 Å². The van der Waals surface area contributed by atoms with Gasteiger partial charge in [-0.25, -0.2) is 15.0 Å². The minimum Gasteiger partial charge on any atom is -0.382 e. The Morgan fingerprint density at radius 1 is 1.29 bits per heavy atom. The summed E-state index contributed by atoms with van der Waals surface area (Å²) in [7, 11) is 0. The second-order valence-electron chi connectivity index (χ2n) is 5.64. The van der Waals surface area contributed by atoms with E-state index in [-0.39, 0.29) is 18.2 Å². The number of nitrogens with two attached hydrogens (primary N) is 1. The zero-order chi connectivity index (χ0) is 14.8. The fourth-order valence-corrected chi connectivity index (χ4v) is 3.98. The molecule has 2 aromatic rings. The van der Waals surface area contributed by atoms with Crippen LogP contribution in [0.2, 0.25) is 0 Å². The summed E-state index contributed by atoms with van der Waals surface area (Å²) >= 11 is 2.31. The molecule has 7 nitrogen and oxygen atoms in total. The zero-order valence-electron chi connectivity index (χ0n) is 11.5. The monoisotopic (exact) mass is 399 g/mol. The second kappa shape index (κ2) is 4.37. The molecule has 0 spiro atoms. The maximum atomic E-state index is 6.06. The summed E-state index contributed by atoms with van der Waals surface area (Å²) in [6.07, 6.45) is 5.16. The van der Waals surface area contributed by atoms with Crippen molar-refractivity contribution in [1.29, 1.82) is 0 Å². The first-order chi connectivity index (χ1) is 9.96. The van der Waals surface area contributed by atoms with Crippen molar-refractivity contribution in [3.8, 4) is 0 Å². The van der Waals surface area contributed by atoms with Crippen LogP contribution in [0.3, 0.4) is 0 Å². The lowest BCUT2D eigenvalue weighted by molar-refractivity contribution is -0.147. The van der Waals surface area contributed by atoms with Crippen LogP contribution in [0.25, 0.3) is 11.2 Å². The molecule has 0 amide bonds. The quantitative estimate of drug-likeness (QED) is 0.736. The molecule has 0 bridgehead atoms. The van der Waals surface area contributed by atoms with Gasteiger partial charge in [0.1, 0.15) is 24.1 Å². The first kappa shape index (κ1) is 13.4. The largest absolute Gasteiger partial charge is 0.382 e. The van der Waals surface area contributed by atoms with Crippen LogP contribution in [0.15, 0.2) is 22.3 Å². The van der Waals surface area contributed by atoms with E-state index in [0.29, 0.717) is 17.0 Å². The van der Waals surface area contributed by atoms with E-state index in [4.69, 9.17) is 15.2 Å². The van der Waals surface area contributed by atoms with Crippen LogP contribution >= 0.6 is 22.6 Å². The number of ether oxygens (including phenoxy) is 2. The Bertz CT molecular complexity index is 756. The highest BCUT2D eigenvalue weighted by molar-refractivity contribution is 14.1. The highest BCUT2D eigenvalue weighted by Gasteiger charge is 2.50. The van der Waals surface area contributed by atoms with Gasteiger partial charge in [0.05, 0.1) is 12.4 Å². The smallest absolute Gasteiger partial charge is 0.166 e. The molecular formula is C13H14IN5O2. The first-order valence-electron chi connectivity index (χ1n) is 6.62. The van der Waals surface area contributed by atoms with Crippen LogP contribution in [0.5, 0.6) is 0 Å². The van der Waals surface area contributed by atoms with E-state index in [9.17, 15) is 0 Å². The molecule has 1 fully saturated rings. The van der Waals surface area contributed by atoms with Crippen LogP contribution in [0.1, 0.15) is 19.9 Å². The fourth-order valence-electron chi connectivity index (χ4n) is 2.97. The fraction of sp³-hybridized carbons (Fsp3) is 0.462. The Balaban J connectivity index is 1.82. The Labute approximate surface area is 134 Å². The minimum atomic E-state index is -0.578. The van der Waals surface area contributed by atoms with Crippen molar-refractivity contribution < 1.29 is 9.47 Å². The number of nitrogen functional groups attached to an aromatic ring is 1. The first-order valence-corrected chi connectivity index (χ1v) is 7.70. The Morgan fingerprint density at radius 3 is 2.90 bits per heavy atom. The summed E-state index contributed by atoms with van der Waals surface area (Å²) in [6.45, 7) is 3.85. The molecule has 2 aromatic heterocycles. The maximum absolute atomic E-state index is 6.06. The summed E-state index contributed by atoms with van der Waals surface area (Å²) in [4.78, 5) is 12.6. The molecule has 1 aliphatic carbocycles. The molecule has 1 aliphatic heterocycles. The average Bonchev–Trinajstić information content (AvgIpc) is 3.00. The predicted molar refractivity (Wildman–Crippen MR) is 84.7 cm³/mol. The molecule has 21 heavy (non-hydrogen) atoms. The van der Waals surface area contributed by atoms with Gasteiger partial charge in [-0.05, 0) is 42.5 Å². The van der Waals surface area contributed by atoms with E-state index in [1.54, 1.807) is 6.33 Å². The summed E-state index contributed by atoms with van der Waals surface area (Å²) < 4.78 is 15.1. The van der Waals surface area contributed by atoms with Crippen molar-refractivity contribution in [1.82, 2.24) is 19.5 Å². The molecule has 4 rings (SSSR count). The number of hydrogen-bond acceptors (Lipinski definition) is 6. The topological polar surface area (TPSA) is 88.1 Å². The molecular weight excluding hydrogens is 385 g/mol. The van der Waals surface area contributed by atoms with E-state index in [1.807, 2.05) is 18.4 Å². The third-order valence-corrected chi connectivity index (χ3v) is 4.77. The van der Waals surface area contributed by atoms with Gasteiger partial charge >= 0.3 is 0 Å². The molecule has 0 radical (unpaired) electrons. The van der Waals surface area contributed by atoms with Crippen LogP contribution in [0.4, 0.5) is 5.82 Å². The number of imidazole rings is 1. The lowest BCUT2D eigenvalue weighted by Gasteiger charge is -2.23. The molecule has 2 aliphatic rings. The van der Waals surface area contributed by atoms with Crippen LogP contribution in [-0.2, 0) is 9.47 Å². The van der Waals surface area contributed by atoms with Gasteiger partial charge in [0.15, 0.2) is 17.3 Å². The molecule has 3 heterocycles. The van der Waals surface area contributed by atoms with E-state index in [2.05, 4.69) is 43.6 Å². The maximum Gasteiger partial charge on any atom is 0.166 e. The van der Waals surface area contributed by atoms with Gasteiger partial charge in [-0.2, -0.15) is 0 Å². The van der Waals surface area contributed by atoms with Crippen molar-refractivity contribution in [2.24, 2.45) is 0 Å². The van der Waals surface area contributed by atoms with Crippen LogP contribution in [0, 0.1) is 0 Å². The average molecular weight is 399 g/mol. The van der Waals surface area contributed by atoms with Gasteiger partial charge in [0.2, 0.25) is 0 Å². The van der Waals surface area contributed by atoms with Gasteiger partial charge in [-0.3, -0.25) is 0 Å². The molecule has 1 saturated heterocycles. The number of aromatic nitrogens is 4. The molecule has 110 valence electrons. The molecule has 8 heteroatoms. The number of rotatable bonds is 1. The molecule has 0 unspecified atom stereocenters. The Kier molecular flexibility index (Phi) is 2.79. The number of anilines is 1. The van der Waals surface area contributed by atoms with Crippen molar-refractivity contribution in [3.05, 3.63) is 22.3 Å². The zero-order valence-corrected chi connectivity index (χ0v) is 13.7. The molecule has 2 N–H and O–H groups in total. The third kappa shape index (κ3) is 1.96. The normalized spacial score (nSPS) is 30.6. The minimum absolute atomic E-state index is 0.00308. The van der Waals surface area contributed by atoms with Gasteiger partial charge in [-0.15, -0.1) is 0 Å². The van der Waals surface area contributed by atoms with Gasteiger partial charge < -0.3 is 19.8 Å². The number of halogens is 1. The number of hydrogen-bond donors (Lipinski definition) is 1. The molecule has 3 atom stereocenters. The lowest BCUT2D eigenvalue weighted by atomic mass is 10.2. The Morgan fingerprint density at radius 2 is 2.10 bits per heavy atom. The van der Waals surface area contributed by atoms with Crippen LogP contribution in [-0.4, -0.2) is 37.5 Å². The standard InChI is InChI=1S/C13H14IN5O2/c1-13(2)20-7-3-6(14)9(10(7)21-13)19-5-18-8-11(15)16-4-17-12(8)19/h3-5,7,9-10H,1-2H3,(H2,15,16,17)/t7-,9-,10-/m1/s1. The van der Waals surface area contributed by atoms with Crippen LogP contribution < -0.4 is 5.73 Å². The van der Waals surface area contributed by atoms with E-state index in [0.717, 1.165) is 3.58 Å². The van der Waals surface area contributed by atoms with Crippen molar-refractivity contribution in [2.75, 3.05) is 5.73 Å². The van der Waals surface area contributed by atoms with Crippen molar-refractivity contribution >= 4 is 39.6 Å². The molecule has 0 aromatic carbocycles. The SMILES string of the molecule is CC1(C)O[C@H]2[C@H](n3cnc4c(N)ncnc43)C(I)=C[C@H]2O1.